The van der Waals surface area contributed by atoms with Gasteiger partial charge in [-0.15, -0.1) is 0 Å². The number of nitrogens with one attached hydrogen (secondary N) is 4. The predicted octanol–water partition coefficient (Wildman–Crippen LogP) is 2.48. The van der Waals surface area contributed by atoms with Crippen LogP contribution in [0.3, 0.4) is 0 Å². The highest BCUT2D eigenvalue weighted by molar-refractivity contribution is 7.80. The van der Waals surface area contributed by atoms with E-state index in [9.17, 15) is 0 Å². The second kappa shape index (κ2) is 8.90. The third-order valence-electron chi connectivity index (χ3n) is 3.04. The van der Waals surface area contributed by atoms with Gasteiger partial charge in [0.2, 0.25) is 5.11 Å². The minimum atomic E-state index is 0.291. The average molecular weight is 358 g/mol. The first-order valence-electron chi connectivity index (χ1n) is 7.20. The third-order valence-corrected chi connectivity index (χ3v) is 3.44. The minimum absolute atomic E-state index is 0.291. The Bertz CT molecular complexity index is 745. The summed E-state index contributed by atoms with van der Waals surface area (Å²) in [5, 5.41) is 7.94. The van der Waals surface area contributed by atoms with Gasteiger partial charge in [-0.1, -0.05) is 24.3 Å². The lowest BCUT2D eigenvalue weighted by molar-refractivity contribution is 0.834. The van der Waals surface area contributed by atoms with Gasteiger partial charge in [-0.2, -0.15) is 5.10 Å². The van der Waals surface area contributed by atoms with E-state index in [4.69, 9.17) is 24.4 Å². The quantitative estimate of drug-likeness (QED) is 0.382. The summed E-state index contributed by atoms with van der Waals surface area (Å²) in [6, 6.07) is 13.5. The molecule has 0 unspecified atom stereocenters. The molecule has 124 valence electrons. The second-order valence-electron chi connectivity index (χ2n) is 4.87. The number of hydrogen-bond donors (Lipinski definition) is 4. The highest BCUT2D eigenvalue weighted by Crippen LogP contribution is 2.12. The highest BCUT2D eigenvalue weighted by atomic mass is 32.1. The Balaban J connectivity index is 1.79. The lowest BCUT2D eigenvalue weighted by Gasteiger charge is -2.14. The summed E-state index contributed by atoms with van der Waals surface area (Å²) in [5.74, 6) is 0. The number of pyridine rings is 1. The summed E-state index contributed by atoms with van der Waals surface area (Å²) in [7, 11) is 0. The maximum absolute atomic E-state index is 5.21. The molecule has 0 atom stereocenters. The molecule has 1 aromatic heterocycles. The Morgan fingerprint density at radius 2 is 1.71 bits per heavy atom. The first-order valence-corrected chi connectivity index (χ1v) is 8.02. The first kappa shape index (κ1) is 17.8. The van der Waals surface area contributed by atoms with Crippen molar-refractivity contribution in [3.8, 4) is 0 Å². The molecule has 0 spiro atoms. The third kappa shape index (κ3) is 5.56. The topological polar surface area (TPSA) is 73.4 Å². The summed E-state index contributed by atoms with van der Waals surface area (Å²) in [6.45, 7) is 3.84. The Morgan fingerprint density at radius 1 is 1.00 bits per heavy atom. The fraction of sp³-hybridized carbons (Fsp3) is 0.125. The molecule has 2 aromatic rings. The Labute approximate surface area is 151 Å². The SMILES string of the molecule is C/C(=N\NC(=S)NNC(=S)Nc1ccccc1C)c1ccccn1. The normalized spacial score (nSPS) is 10.7. The van der Waals surface area contributed by atoms with E-state index in [1.54, 1.807) is 6.20 Å². The van der Waals surface area contributed by atoms with Gasteiger partial charge >= 0.3 is 0 Å². The molecule has 0 aliphatic heterocycles. The number of thiocarbonyl (C=S) groups is 2. The number of benzene rings is 1. The molecule has 0 aliphatic carbocycles. The standard InChI is InChI=1S/C16H18N6S2/c1-11-7-3-4-8-13(11)18-15(23)20-22-16(24)21-19-12(2)14-9-5-6-10-17-14/h3-10H,1-2H3,(H2,18,20,23)(H2,21,22,24)/b19-12+. The zero-order chi connectivity index (χ0) is 17.4. The molecule has 1 heterocycles. The van der Waals surface area contributed by atoms with Gasteiger partial charge in [0.1, 0.15) is 0 Å². The van der Waals surface area contributed by atoms with Crippen molar-refractivity contribution in [3.63, 3.8) is 0 Å². The van der Waals surface area contributed by atoms with Crippen LogP contribution in [0.1, 0.15) is 18.2 Å². The van der Waals surface area contributed by atoms with Crippen LogP contribution in [0.4, 0.5) is 5.69 Å². The van der Waals surface area contributed by atoms with E-state index >= 15 is 0 Å². The van der Waals surface area contributed by atoms with Crippen molar-refractivity contribution in [2.24, 2.45) is 5.10 Å². The van der Waals surface area contributed by atoms with Crippen LogP contribution >= 0.6 is 24.4 Å². The molecule has 0 bridgehead atoms. The average Bonchev–Trinajstić information content (AvgIpc) is 2.60. The molecule has 0 saturated carbocycles. The van der Waals surface area contributed by atoms with Gasteiger partial charge in [0.05, 0.1) is 11.4 Å². The van der Waals surface area contributed by atoms with Gasteiger partial charge in [-0.3, -0.25) is 21.3 Å². The summed E-state index contributed by atoms with van der Waals surface area (Å²) in [6.07, 6.45) is 1.71. The number of hydrogen-bond acceptors (Lipinski definition) is 4. The largest absolute Gasteiger partial charge is 0.331 e. The smallest absolute Gasteiger partial charge is 0.205 e. The van der Waals surface area contributed by atoms with Gasteiger partial charge in [-0.05, 0) is 62.0 Å². The fourth-order valence-electron chi connectivity index (χ4n) is 1.78. The Kier molecular flexibility index (Phi) is 6.59. The molecule has 1 aromatic carbocycles. The van der Waals surface area contributed by atoms with Crippen molar-refractivity contribution < 1.29 is 0 Å². The van der Waals surface area contributed by atoms with E-state index < -0.39 is 0 Å². The van der Waals surface area contributed by atoms with E-state index in [0.717, 1.165) is 22.7 Å². The van der Waals surface area contributed by atoms with E-state index in [0.29, 0.717) is 10.2 Å². The van der Waals surface area contributed by atoms with Crippen molar-refractivity contribution in [1.82, 2.24) is 21.3 Å². The predicted molar refractivity (Wildman–Crippen MR) is 106 cm³/mol. The summed E-state index contributed by atoms with van der Waals surface area (Å²) < 4.78 is 0. The molecule has 24 heavy (non-hydrogen) atoms. The minimum Gasteiger partial charge on any atom is -0.331 e. The van der Waals surface area contributed by atoms with Gasteiger partial charge in [0, 0.05) is 11.9 Å². The van der Waals surface area contributed by atoms with Crippen molar-refractivity contribution >= 4 is 46.1 Å². The maximum atomic E-state index is 5.21. The molecule has 2 rings (SSSR count). The van der Waals surface area contributed by atoms with Gasteiger partial charge in [0.15, 0.2) is 5.11 Å². The second-order valence-corrected chi connectivity index (χ2v) is 5.69. The summed E-state index contributed by atoms with van der Waals surface area (Å²) in [4.78, 5) is 4.21. The van der Waals surface area contributed by atoms with E-state index in [-0.39, 0.29) is 0 Å². The monoisotopic (exact) mass is 358 g/mol. The van der Waals surface area contributed by atoms with Crippen LogP contribution in [0, 0.1) is 6.92 Å². The number of rotatable bonds is 3. The van der Waals surface area contributed by atoms with Crippen LogP contribution in [0.2, 0.25) is 0 Å². The Hall–Kier alpha value is -2.58. The van der Waals surface area contributed by atoms with Crippen LogP contribution in [-0.4, -0.2) is 20.9 Å². The van der Waals surface area contributed by atoms with Crippen molar-refractivity contribution in [1.29, 1.82) is 0 Å². The fourth-order valence-corrected chi connectivity index (χ4v) is 2.03. The molecule has 4 N–H and O–H groups in total. The summed E-state index contributed by atoms with van der Waals surface area (Å²) in [5.41, 5.74) is 11.8. The maximum Gasteiger partial charge on any atom is 0.205 e. The highest BCUT2D eigenvalue weighted by Gasteiger charge is 2.01. The number of anilines is 1. The summed E-state index contributed by atoms with van der Waals surface area (Å²) >= 11 is 10.3. The van der Waals surface area contributed by atoms with Crippen LogP contribution in [0.5, 0.6) is 0 Å². The van der Waals surface area contributed by atoms with Gasteiger partial charge in [-0.25, -0.2) is 0 Å². The number of para-hydroxylation sites is 1. The number of aryl methyl sites for hydroxylation is 1. The molecule has 6 nitrogen and oxygen atoms in total. The van der Waals surface area contributed by atoms with Crippen molar-refractivity contribution in [3.05, 3.63) is 59.9 Å². The number of hydrazine groups is 1. The van der Waals surface area contributed by atoms with Gasteiger partial charge in [0.25, 0.3) is 0 Å². The molecule has 0 amide bonds. The zero-order valence-corrected chi connectivity index (χ0v) is 15.0. The number of nitrogens with zero attached hydrogens (tertiary/aromatic N) is 2. The molecule has 0 saturated heterocycles. The lowest BCUT2D eigenvalue weighted by atomic mass is 10.2. The van der Waals surface area contributed by atoms with E-state index in [2.05, 4.69) is 31.7 Å². The zero-order valence-electron chi connectivity index (χ0n) is 13.3. The Morgan fingerprint density at radius 3 is 2.42 bits per heavy atom. The van der Waals surface area contributed by atoms with Gasteiger partial charge < -0.3 is 5.32 Å². The molecule has 0 aliphatic rings. The molecule has 0 radical (unpaired) electrons. The van der Waals surface area contributed by atoms with Crippen LogP contribution in [-0.2, 0) is 0 Å². The van der Waals surface area contributed by atoms with E-state index in [1.165, 1.54) is 0 Å². The number of aromatic nitrogens is 1. The molecule has 8 heteroatoms. The van der Waals surface area contributed by atoms with Crippen LogP contribution in [0.25, 0.3) is 0 Å². The van der Waals surface area contributed by atoms with Crippen molar-refractivity contribution in [2.45, 2.75) is 13.8 Å². The molecular formula is C16H18N6S2. The lowest BCUT2D eigenvalue weighted by Crippen LogP contribution is -2.47. The first-order chi connectivity index (χ1) is 11.6. The van der Waals surface area contributed by atoms with Crippen LogP contribution < -0.4 is 21.6 Å². The molecule has 0 fully saturated rings. The molecular weight excluding hydrogens is 340 g/mol. The van der Waals surface area contributed by atoms with Crippen LogP contribution in [0.15, 0.2) is 53.8 Å². The van der Waals surface area contributed by atoms with E-state index in [1.807, 2.05) is 56.3 Å². The number of hydrazone groups is 1. The van der Waals surface area contributed by atoms with Crippen molar-refractivity contribution in [2.75, 3.05) is 5.32 Å².